The Hall–Kier alpha value is -3.07. The summed E-state index contributed by atoms with van der Waals surface area (Å²) in [6.45, 7) is 0.541. The van der Waals surface area contributed by atoms with Crippen LogP contribution in [0.4, 0.5) is 4.39 Å². The third kappa shape index (κ3) is 4.99. The topological polar surface area (TPSA) is 75.7 Å². The highest BCUT2D eigenvalue weighted by atomic mass is 32.2. The zero-order chi connectivity index (χ0) is 21.8. The minimum absolute atomic E-state index is 0.0508. The van der Waals surface area contributed by atoms with Gasteiger partial charge in [-0.2, -0.15) is 4.72 Å². The number of amides is 1. The highest BCUT2D eigenvalue weighted by Crippen LogP contribution is 2.23. The molecular formula is C23H21FN2O4S. The van der Waals surface area contributed by atoms with Crippen molar-refractivity contribution < 1.29 is 22.4 Å². The van der Waals surface area contributed by atoms with Gasteiger partial charge in [-0.05, 0) is 47.4 Å². The molecule has 1 fully saturated rings. The zero-order valence-corrected chi connectivity index (χ0v) is 17.4. The van der Waals surface area contributed by atoms with Crippen LogP contribution >= 0.6 is 0 Å². The van der Waals surface area contributed by atoms with Gasteiger partial charge in [-0.1, -0.05) is 54.6 Å². The fourth-order valence-corrected chi connectivity index (χ4v) is 4.57. The number of nitrogens with zero attached hydrogens (tertiary/aromatic N) is 1. The number of halogens is 1. The van der Waals surface area contributed by atoms with Gasteiger partial charge in [0.2, 0.25) is 10.0 Å². The van der Waals surface area contributed by atoms with E-state index in [1.54, 1.807) is 24.3 Å². The van der Waals surface area contributed by atoms with Crippen molar-refractivity contribution in [1.29, 1.82) is 0 Å². The third-order valence-electron chi connectivity index (χ3n) is 5.03. The molecule has 1 amide bonds. The maximum atomic E-state index is 13.1. The van der Waals surface area contributed by atoms with E-state index in [1.807, 2.05) is 30.3 Å². The fraction of sp³-hybridized carbons (Fsp3) is 0.174. The quantitative estimate of drug-likeness (QED) is 0.610. The Balaban J connectivity index is 1.39. The summed E-state index contributed by atoms with van der Waals surface area (Å²) in [5.41, 5.74) is 2.45. The molecule has 0 aromatic heterocycles. The number of carbonyl (C=O) groups excluding carboxylic acids is 1. The summed E-state index contributed by atoms with van der Waals surface area (Å²) in [5, 5.41) is 1.21. The van der Waals surface area contributed by atoms with E-state index in [0.29, 0.717) is 13.0 Å². The minimum Gasteiger partial charge on any atom is -0.271 e. The van der Waals surface area contributed by atoms with Crippen LogP contribution in [0.1, 0.15) is 12.0 Å². The smallest absolute Gasteiger partial charge is 0.264 e. The van der Waals surface area contributed by atoms with E-state index < -0.39 is 22.0 Å². The van der Waals surface area contributed by atoms with Gasteiger partial charge in [0.15, 0.2) is 0 Å². The van der Waals surface area contributed by atoms with Crippen molar-refractivity contribution in [2.45, 2.75) is 24.0 Å². The molecule has 3 aromatic rings. The molecule has 1 aliphatic heterocycles. The number of nitrogens with one attached hydrogen (secondary N) is 1. The van der Waals surface area contributed by atoms with E-state index >= 15 is 0 Å². The van der Waals surface area contributed by atoms with Crippen LogP contribution in [0.15, 0.2) is 83.8 Å². The number of hydrogen-bond acceptors (Lipinski definition) is 4. The molecule has 8 heteroatoms. The van der Waals surface area contributed by atoms with Gasteiger partial charge in [0, 0.05) is 0 Å². The summed E-state index contributed by atoms with van der Waals surface area (Å²) in [6.07, 6.45) is 0.320. The Bertz CT molecular complexity index is 1150. The monoisotopic (exact) mass is 440 g/mol. The average molecular weight is 440 g/mol. The molecule has 1 aliphatic rings. The van der Waals surface area contributed by atoms with Gasteiger partial charge in [0.05, 0.1) is 11.4 Å². The van der Waals surface area contributed by atoms with Crippen LogP contribution in [-0.2, 0) is 26.3 Å². The third-order valence-corrected chi connectivity index (χ3v) is 6.52. The van der Waals surface area contributed by atoms with E-state index in [-0.39, 0.29) is 17.3 Å². The first-order valence-electron chi connectivity index (χ1n) is 9.79. The van der Waals surface area contributed by atoms with Crippen molar-refractivity contribution in [1.82, 2.24) is 9.79 Å². The van der Waals surface area contributed by atoms with Gasteiger partial charge >= 0.3 is 0 Å². The molecular weight excluding hydrogens is 419 g/mol. The lowest BCUT2D eigenvalue weighted by Gasteiger charge is -2.17. The molecule has 1 heterocycles. The Morgan fingerprint density at radius 3 is 2.19 bits per heavy atom. The van der Waals surface area contributed by atoms with Crippen molar-refractivity contribution in [3.63, 3.8) is 0 Å². The summed E-state index contributed by atoms with van der Waals surface area (Å²) in [5.74, 6) is -0.752. The summed E-state index contributed by atoms with van der Waals surface area (Å²) in [7, 11) is -3.89. The highest BCUT2D eigenvalue weighted by Gasteiger charge is 2.35. The number of sulfonamides is 1. The van der Waals surface area contributed by atoms with Gasteiger partial charge < -0.3 is 0 Å². The number of hydrogen-bond donors (Lipinski definition) is 1. The molecule has 0 saturated carbocycles. The normalized spacial score (nSPS) is 16.6. The summed E-state index contributed by atoms with van der Waals surface area (Å²) in [6, 6.07) is 20.7. The predicted molar refractivity (Wildman–Crippen MR) is 114 cm³/mol. The van der Waals surface area contributed by atoms with Crippen molar-refractivity contribution in [3.8, 4) is 11.1 Å². The standard InChI is InChI=1S/C23H21FN2O4S/c24-20-10-6-18(7-11-20)19-8-12-21(13-9-19)31(28,29)25-22-14-15-26(23(22)27)30-16-17-4-2-1-3-5-17/h1-13,22,25H,14-16H2/t22-/m1/s1. The fourth-order valence-electron chi connectivity index (χ4n) is 3.34. The molecule has 4 rings (SSSR count). The van der Waals surface area contributed by atoms with Crippen LogP contribution in [0, 0.1) is 5.82 Å². The Labute approximate surface area is 180 Å². The SMILES string of the molecule is O=C1[C@H](NS(=O)(=O)c2ccc(-c3ccc(F)cc3)cc2)CCN1OCc1ccccc1. The van der Waals surface area contributed by atoms with E-state index in [2.05, 4.69) is 4.72 Å². The molecule has 1 atom stereocenters. The number of carbonyl (C=O) groups is 1. The molecule has 0 unspecified atom stereocenters. The van der Waals surface area contributed by atoms with Crippen LogP contribution in [-0.4, -0.2) is 32.0 Å². The van der Waals surface area contributed by atoms with Crippen molar-refractivity contribution in [2.24, 2.45) is 0 Å². The van der Waals surface area contributed by atoms with Gasteiger partial charge in [0.25, 0.3) is 5.91 Å². The lowest BCUT2D eigenvalue weighted by Crippen LogP contribution is -2.41. The molecule has 3 aromatic carbocycles. The van der Waals surface area contributed by atoms with Gasteiger partial charge in [-0.15, -0.1) is 0 Å². The Morgan fingerprint density at radius 2 is 1.55 bits per heavy atom. The summed E-state index contributed by atoms with van der Waals surface area (Å²) < 4.78 is 41.0. The van der Waals surface area contributed by atoms with Gasteiger partial charge in [0.1, 0.15) is 18.5 Å². The second-order valence-corrected chi connectivity index (χ2v) is 8.91. The molecule has 0 radical (unpaired) electrons. The second-order valence-electron chi connectivity index (χ2n) is 7.19. The van der Waals surface area contributed by atoms with Crippen LogP contribution in [0.25, 0.3) is 11.1 Å². The first kappa shape index (κ1) is 21.2. The number of rotatable bonds is 7. The minimum atomic E-state index is -3.89. The second kappa shape index (κ2) is 8.97. The molecule has 1 saturated heterocycles. The highest BCUT2D eigenvalue weighted by molar-refractivity contribution is 7.89. The van der Waals surface area contributed by atoms with E-state index in [9.17, 15) is 17.6 Å². The first-order chi connectivity index (χ1) is 14.9. The molecule has 31 heavy (non-hydrogen) atoms. The molecule has 160 valence electrons. The van der Waals surface area contributed by atoms with Crippen molar-refractivity contribution in [2.75, 3.05) is 6.54 Å². The van der Waals surface area contributed by atoms with E-state index in [4.69, 9.17) is 4.84 Å². The van der Waals surface area contributed by atoms with Crippen LogP contribution < -0.4 is 4.72 Å². The molecule has 0 bridgehead atoms. The summed E-state index contributed by atoms with van der Waals surface area (Å²) >= 11 is 0. The molecule has 1 N–H and O–H groups in total. The number of hydroxylamine groups is 2. The lowest BCUT2D eigenvalue weighted by atomic mass is 10.1. The predicted octanol–water partition coefficient (Wildman–Crippen LogP) is 3.50. The van der Waals surface area contributed by atoms with E-state index in [1.165, 1.54) is 29.3 Å². The zero-order valence-electron chi connectivity index (χ0n) is 16.6. The van der Waals surface area contributed by atoms with E-state index in [0.717, 1.165) is 16.7 Å². The summed E-state index contributed by atoms with van der Waals surface area (Å²) in [4.78, 5) is 18.1. The lowest BCUT2D eigenvalue weighted by molar-refractivity contribution is -0.183. The van der Waals surface area contributed by atoms with Gasteiger partial charge in [-0.3, -0.25) is 9.63 Å². The van der Waals surface area contributed by atoms with Crippen LogP contribution in [0.2, 0.25) is 0 Å². The largest absolute Gasteiger partial charge is 0.271 e. The van der Waals surface area contributed by atoms with Crippen LogP contribution in [0.3, 0.4) is 0 Å². The van der Waals surface area contributed by atoms with Gasteiger partial charge in [-0.25, -0.2) is 17.9 Å². The molecule has 0 spiro atoms. The number of benzene rings is 3. The molecule has 6 nitrogen and oxygen atoms in total. The Morgan fingerprint density at radius 1 is 0.935 bits per heavy atom. The van der Waals surface area contributed by atoms with Crippen LogP contribution in [0.5, 0.6) is 0 Å². The Kier molecular flexibility index (Phi) is 6.13. The first-order valence-corrected chi connectivity index (χ1v) is 11.3. The maximum absolute atomic E-state index is 13.1. The molecule has 0 aliphatic carbocycles. The van der Waals surface area contributed by atoms with Crippen molar-refractivity contribution in [3.05, 3.63) is 90.2 Å². The maximum Gasteiger partial charge on any atom is 0.264 e. The van der Waals surface area contributed by atoms with Crippen molar-refractivity contribution >= 4 is 15.9 Å². The average Bonchev–Trinajstić information content (AvgIpc) is 3.12.